The van der Waals surface area contributed by atoms with Crippen molar-refractivity contribution >= 4 is 0 Å². The number of nitrogens with zero attached hydrogens (tertiary/aromatic N) is 2. The summed E-state index contributed by atoms with van der Waals surface area (Å²) in [5, 5.41) is 8.13. The number of hydrogen-bond donors (Lipinski definition) is 1. The lowest BCUT2D eigenvalue weighted by molar-refractivity contribution is 0.452. The predicted molar refractivity (Wildman–Crippen MR) is 102 cm³/mol. The van der Waals surface area contributed by atoms with Crippen LogP contribution in [0, 0.1) is 25.5 Å². The van der Waals surface area contributed by atoms with E-state index >= 15 is 0 Å². The number of hydrogen-bond acceptors (Lipinski definition) is 2. The SMILES string of the molecule is Cc1cc(C)cc(-n2ncc3c2CCCC3NCc2ccc(F)c(F)c2)c1. The third kappa shape index (κ3) is 3.65. The first-order chi connectivity index (χ1) is 13.0. The number of aryl methyl sites for hydroxylation is 2. The molecule has 3 nitrogen and oxygen atoms in total. The van der Waals surface area contributed by atoms with Crippen molar-refractivity contribution in [1.29, 1.82) is 0 Å². The molecule has 27 heavy (non-hydrogen) atoms. The lowest BCUT2D eigenvalue weighted by atomic mass is 9.92. The van der Waals surface area contributed by atoms with E-state index in [2.05, 4.69) is 42.5 Å². The Morgan fingerprint density at radius 2 is 1.85 bits per heavy atom. The molecule has 1 aliphatic rings. The fourth-order valence-electron chi connectivity index (χ4n) is 3.95. The van der Waals surface area contributed by atoms with Crippen LogP contribution in [0.4, 0.5) is 8.78 Å². The largest absolute Gasteiger partial charge is 0.306 e. The van der Waals surface area contributed by atoms with E-state index in [-0.39, 0.29) is 6.04 Å². The number of benzene rings is 2. The molecule has 0 spiro atoms. The second kappa shape index (κ2) is 7.24. The van der Waals surface area contributed by atoms with Gasteiger partial charge in [-0.2, -0.15) is 5.10 Å². The molecule has 1 unspecified atom stereocenters. The molecule has 0 bridgehead atoms. The smallest absolute Gasteiger partial charge is 0.159 e. The van der Waals surface area contributed by atoms with Gasteiger partial charge in [0.15, 0.2) is 11.6 Å². The Bertz CT molecular complexity index is 957. The van der Waals surface area contributed by atoms with Crippen LogP contribution in [0.5, 0.6) is 0 Å². The Morgan fingerprint density at radius 3 is 2.59 bits per heavy atom. The van der Waals surface area contributed by atoms with E-state index < -0.39 is 11.6 Å². The van der Waals surface area contributed by atoms with Crippen LogP contribution >= 0.6 is 0 Å². The quantitative estimate of drug-likeness (QED) is 0.708. The second-order valence-electron chi connectivity index (χ2n) is 7.38. The van der Waals surface area contributed by atoms with Gasteiger partial charge < -0.3 is 5.32 Å². The van der Waals surface area contributed by atoms with Crippen molar-refractivity contribution in [2.45, 2.75) is 45.7 Å². The maximum Gasteiger partial charge on any atom is 0.159 e. The molecule has 0 saturated heterocycles. The molecule has 1 N–H and O–H groups in total. The molecular weight excluding hydrogens is 344 g/mol. The molecule has 140 valence electrons. The maximum absolute atomic E-state index is 13.4. The summed E-state index contributed by atoms with van der Waals surface area (Å²) in [6.45, 7) is 4.69. The third-order valence-corrected chi connectivity index (χ3v) is 5.17. The standard InChI is InChI=1S/C22H23F2N3/c1-14-8-15(2)10-17(9-14)27-22-5-3-4-21(18(22)13-26-27)25-12-16-6-7-19(23)20(24)11-16/h6-11,13,21,25H,3-5,12H2,1-2H3. The fourth-order valence-corrected chi connectivity index (χ4v) is 3.95. The number of rotatable bonds is 4. The number of halogens is 2. The van der Waals surface area contributed by atoms with Crippen LogP contribution in [0.1, 0.15) is 46.8 Å². The Balaban J connectivity index is 1.57. The van der Waals surface area contributed by atoms with E-state index in [4.69, 9.17) is 0 Å². The minimum Gasteiger partial charge on any atom is -0.306 e. The van der Waals surface area contributed by atoms with Crippen molar-refractivity contribution in [1.82, 2.24) is 15.1 Å². The molecule has 1 aliphatic carbocycles. The molecular formula is C22H23F2N3. The summed E-state index contributed by atoms with van der Waals surface area (Å²) in [4.78, 5) is 0. The minimum absolute atomic E-state index is 0.168. The van der Waals surface area contributed by atoms with Crippen molar-refractivity contribution < 1.29 is 8.78 Å². The predicted octanol–water partition coefficient (Wildman–Crippen LogP) is 4.93. The van der Waals surface area contributed by atoms with Crippen molar-refractivity contribution in [2.75, 3.05) is 0 Å². The maximum atomic E-state index is 13.4. The molecule has 0 radical (unpaired) electrons. The van der Waals surface area contributed by atoms with Crippen LogP contribution in [0.15, 0.2) is 42.6 Å². The van der Waals surface area contributed by atoms with Gasteiger partial charge in [-0.15, -0.1) is 0 Å². The first kappa shape index (κ1) is 17.9. The highest BCUT2D eigenvalue weighted by molar-refractivity contribution is 5.42. The minimum atomic E-state index is -0.812. The average molecular weight is 367 g/mol. The van der Waals surface area contributed by atoms with Gasteiger partial charge in [0.05, 0.1) is 11.9 Å². The molecule has 1 aromatic heterocycles. The van der Waals surface area contributed by atoms with E-state index in [1.807, 2.05) is 10.9 Å². The van der Waals surface area contributed by atoms with Gasteiger partial charge >= 0.3 is 0 Å². The highest BCUT2D eigenvalue weighted by Crippen LogP contribution is 2.31. The van der Waals surface area contributed by atoms with E-state index in [0.717, 1.165) is 30.5 Å². The van der Waals surface area contributed by atoms with Crippen molar-refractivity contribution in [2.24, 2.45) is 0 Å². The van der Waals surface area contributed by atoms with Crippen molar-refractivity contribution in [3.8, 4) is 5.69 Å². The van der Waals surface area contributed by atoms with Crippen LogP contribution in [-0.2, 0) is 13.0 Å². The van der Waals surface area contributed by atoms with Crippen molar-refractivity contribution in [3.05, 3.63) is 82.2 Å². The summed E-state index contributed by atoms with van der Waals surface area (Å²) in [7, 11) is 0. The molecule has 1 heterocycles. The Kier molecular flexibility index (Phi) is 4.79. The topological polar surface area (TPSA) is 29.9 Å². The molecule has 0 amide bonds. The fraction of sp³-hybridized carbons (Fsp3) is 0.318. The van der Waals surface area contributed by atoms with Gasteiger partial charge in [-0.1, -0.05) is 12.1 Å². The van der Waals surface area contributed by atoms with Crippen LogP contribution in [0.25, 0.3) is 5.69 Å². The molecule has 2 aromatic carbocycles. The summed E-state index contributed by atoms with van der Waals surface area (Å²) in [5.41, 5.74) is 6.70. The third-order valence-electron chi connectivity index (χ3n) is 5.17. The van der Waals surface area contributed by atoms with Crippen molar-refractivity contribution in [3.63, 3.8) is 0 Å². The van der Waals surface area contributed by atoms with Gasteiger partial charge in [0.25, 0.3) is 0 Å². The van der Waals surface area contributed by atoms with E-state index in [0.29, 0.717) is 6.54 Å². The molecule has 0 saturated carbocycles. The van der Waals surface area contributed by atoms with E-state index in [9.17, 15) is 8.78 Å². The van der Waals surface area contributed by atoms with Gasteiger partial charge in [-0.05, 0) is 74.1 Å². The van der Waals surface area contributed by atoms with Crippen LogP contribution in [0.2, 0.25) is 0 Å². The Hall–Kier alpha value is -2.53. The van der Waals surface area contributed by atoms with Crippen LogP contribution in [0.3, 0.4) is 0 Å². The van der Waals surface area contributed by atoms with E-state index in [1.54, 1.807) is 6.07 Å². The average Bonchev–Trinajstić information content (AvgIpc) is 3.06. The van der Waals surface area contributed by atoms with Gasteiger partial charge in [0.2, 0.25) is 0 Å². The summed E-state index contributed by atoms with van der Waals surface area (Å²) in [5.74, 6) is -1.62. The van der Waals surface area contributed by atoms with E-state index in [1.165, 1.54) is 34.5 Å². The molecule has 4 rings (SSSR count). The first-order valence-corrected chi connectivity index (χ1v) is 9.34. The molecule has 1 atom stereocenters. The summed E-state index contributed by atoms with van der Waals surface area (Å²) in [6, 6.07) is 10.7. The Labute approximate surface area is 158 Å². The van der Waals surface area contributed by atoms with Gasteiger partial charge in [0, 0.05) is 23.8 Å². The zero-order valence-corrected chi connectivity index (χ0v) is 15.6. The summed E-state index contributed by atoms with van der Waals surface area (Å²) >= 11 is 0. The molecule has 0 fully saturated rings. The second-order valence-corrected chi connectivity index (χ2v) is 7.38. The van der Waals surface area contributed by atoms with Crippen LogP contribution < -0.4 is 5.32 Å². The monoisotopic (exact) mass is 367 g/mol. The lowest BCUT2D eigenvalue weighted by Gasteiger charge is -2.24. The zero-order chi connectivity index (χ0) is 19.0. The van der Waals surface area contributed by atoms with Gasteiger partial charge in [-0.3, -0.25) is 0 Å². The number of fused-ring (bicyclic) bond motifs is 1. The highest BCUT2D eigenvalue weighted by Gasteiger charge is 2.24. The first-order valence-electron chi connectivity index (χ1n) is 9.34. The molecule has 5 heteroatoms. The number of nitrogens with one attached hydrogen (secondary N) is 1. The lowest BCUT2D eigenvalue weighted by Crippen LogP contribution is -2.25. The summed E-state index contributed by atoms with van der Waals surface area (Å²) in [6.07, 6.45) is 5.01. The zero-order valence-electron chi connectivity index (χ0n) is 15.6. The normalized spacial score (nSPS) is 16.4. The molecule has 3 aromatic rings. The highest BCUT2D eigenvalue weighted by atomic mass is 19.2. The van der Waals surface area contributed by atoms with Gasteiger partial charge in [0.1, 0.15) is 0 Å². The van der Waals surface area contributed by atoms with Gasteiger partial charge in [-0.25, -0.2) is 13.5 Å². The summed E-state index contributed by atoms with van der Waals surface area (Å²) < 4.78 is 28.6. The Morgan fingerprint density at radius 1 is 1.07 bits per heavy atom. The molecule has 0 aliphatic heterocycles. The van der Waals surface area contributed by atoms with Crippen LogP contribution in [-0.4, -0.2) is 9.78 Å². The number of aromatic nitrogens is 2.